The average molecular weight is 686 g/mol. The summed E-state index contributed by atoms with van der Waals surface area (Å²) in [5, 5.41) is 8.26. The van der Waals surface area contributed by atoms with E-state index >= 15 is 0 Å². The van der Waals surface area contributed by atoms with E-state index in [1.165, 1.54) is 46.2 Å². The number of rotatable bonds is 16. The van der Waals surface area contributed by atoms with Crippen LogP contribution in [-0.4, -0.2) is 57.3 Å². The van der Waals surface area contributed by atoms with Crippen LogP contribution in [0.3, 0.4) is 0 Å². The van der Waals surface area contributed by atoms with Crippen LogP contribution in [-0.2, 0) is 31.4 Å². The third-order valence-corrected chi connectivity index (χ3v) is 11.0. The molecule has 0 bridgehead atoms. The molecule has 0 spiro atoms. The number of carbonyl (C=O) groups is 1. The van der Waals surface area contributed by atoms with E-state index in [9.17, 15) is 13.8 Å². The second-order valence-electron chi connectivity index (χ2n) is 8.91. The van der Waals surface area contributed by atoms with E-state index in [1.807, 2.05) is 13.0 Å². The molecular weight excluding hydrogens is 656 g/mol. The number of ether oxygens (including phenoxy) is 1. The number of benzene rings is 2. The lowest BCUT2D eigenvalue weighted by Gasteiger charge is -2.16. The molecule has 4 aromatic rings. The summed E-state index contributed by atoms with van der Waals surface area (Å²) in [5.74, 6) is 0.800. The SMILES string of the molecule is CCOc1cc2ncnc(Nc3ccc(F)c(Cl)c3)c2cc1CC(=O)Cn1nc(SCCP(=O)(OCC)OCC)sc1=S. The van der Waals surface area contributed by atoms with Crippen molar-refractivity contribution < 1.29 is 27.5 Å². The van der Waals surface area contributed by atoms with Gasteiger partial charge in [-0.05, 0) is 57.3 Å². The van der Waals surface area contributed by atoms with Crippen molar-refractivity contribution in [2.75, 3.05) is 37.1 Å². The van der Waals surface area contributed by atoms with Crippen LogP contribution in [0.15, 0.2) is 41.0 Å². The summed E-state index contributed by atoms with van der Waals surface area (Å²) in [5.41, 5.74) is 1.79. The van der Waals surface area contributed by atoms with Gasteiger partial charge < -0.3 is 19.1 Å². The first-order valence-electron chi connectivity index (χ1n) is 13.4. The number of nitrogens with one attached hydrogen (secondary N) is 1. The van der Waals surface area contributed by atoms with Gasteiger partial charge in [0, 0.05) is 34.9 Å². The minimum absolute atomic E-state index is 0.0218. The first-order chi connectivity index (χ1) is 20.6. The largest absolute Gasteiger partial charge is 0.494 e. The molecule has 2 aromatic carbocycles. The molecule has 1 N–H and O–H groups in total. The van der Waals surface area contributed by atoms with Crippen molar-refractivity contribution in [3.05, 3.63) is 57.0 Å². The number of halogens is 2. The van der Waals surface area contributed by atoms with E-state index in [-0.39, 0.29) is 29.9 Å². The van der Waals surface area contributed by atoms with E-state index in [0.29, 0.717) is 67.6 Å². The summed E-state index contributed by atoms with van der Waals surface area (Å²) in [6.07, 6.45) is 1.69. The monoisotopic (exact) mass is 685 g/mol. The van der Waals surface area contributed by atoms with Crippen LogP contribution in [0.5, 0.6) is 5.75 Å². The molecule has 4 rings (SSSR count). The lowest BCUT2D eigenvalue weighted by Crippen LogP contribution is -2.14. The van der Waals surface area contributed by atoms with Crippen molar-refractivity contribution in [2.45, 2.75) is 38.1 Å². The minimum atomic E-state index is -3.16. The Hall–Kier alpha value is -2.45. The number of ketones is 1. The molecule has 10 nitrogen and oxygen atoms in total. The highest BCUT2D eigenvalue weighted by molar-refractivity contribution is 8.01. The Morgan fingerprint density at radius 2 is 1.93 bits per heavy atom. The normalized spacial score (nSPS) is 11.7. The topological polar surface area (TPSA) is 117 Å². The van der Waals surface area contributed by atoms with Gasteiger partial charge in [0.05, 0.1) is 36.5 Å². The van der Waals surface area contributed by atoms with Crippen LogP contribution in [0.25, 0.3) is 10.9 Å². The van der Waals surface area contributed by atoms with Crippen LogP contribution in [0.2, 0.25) is 5.02 Å². The fourth-order valence-electron chi connectivity index (χ4n) is 4.05. The highest BCUT2D eigenvalue weighted by atomic mass is 35.5. The maximum absolute atomic E-state index is 13.6. The van der Waals surface area contributed by atoms with Gasteiger partial charge in [-0.15, -0.1) is 0 Å². The molecule has 0 saturated carbocycles. The van der Waals surface area contributed by atoms with E-state index in [2.05, 4.69) is 20.4 Å². The second-order valence-corrected chi connectivity index (χ2v) is 14.5. The summed E-state index contributed by atoms with van der Waals surface area (Å²) < 4.78 is 45.5. The molecule has 2 aromatic heterocycles. The van der Waals surface area contributed by atoms with E-state index in [1.54, 1.807) is 26.0 Å². The highest BCUT2D eigenvalue weighted by Gasteiger charge is 2.23. The summed E-state index contributed by atoms with van der Waals surface area (Å²) in [6, 6.07) is 7.85. The number of nitrogens with zero attached hydrogens (tertiary/aromatic N) is 4. The zero-order valence-electron chi connectivity index (χ0n) is 23.7. The summed E-state index contributed by atoms with van der Waals surface area (Å²) >= 11 is 14.1. The maximum Gasteiger partial charge on any atom is 0.331 e. The smallest absolute Gasteiger partial charge is 0.331 e. The number of aromatic nitrogens is 4. The molecule has 0 aliphatic rings. The molecule has 0 amide bonds. The molecule has 0 unspecified atom stereocenters. The predicted octanol–water partition coefficient (Wildman–Crippen LogP) is 7.72. The van der Waals surface area contributed by atoms with E-state index in [4.69, 9.17) is 37.6 Å². The van der Waals surface area contributed by atoms with Crippen molar-refractivity contribution in [3.8, 4) is 5.75 Å². The molecule has 0 saturated heterocycles. The van der Waals surface area contributed by atoms with Gasteiger partial charge in [-0.25, -0.2) is 19.0 Å². The van der Waals surface area contributed by atoms with E-state index < -0.39 is 13.4 Å². The van der Waals surface area contributed by atoms with Crippen molar-refractivity contribution >= 4 is 82.7 Å². The first kappa shape index (κ1) is 33.4. The number of hydrogen-bond donors (Lipinski definition) is 1. The molecule has 0 aliphatic heterocycles. The van der Waals surface area contributed by atoms with Gasteiger partial charge >= 0.3 is 7.60 Å². The number of carbonyl (C=O) groups excluding carboxylic acids is 1. The number of fused-ring (bicyclic) bond motifs is 1. The van der Waals surface area contributed by atoms with Gasteiger partial charge in [0.25, 0.3) is 0 Å². The van der Waals surface area contributed by atoms with E-state index in [0.717, 1.165) is 0 Å². The third kappa shape index (κ3) is 9.04. The Labute approximate surface area is 266 Å². The molecule has 230 valence electrons. The van der Waals surface area contributed by atoms with Crippen molar-refractivity contribution in [1.82, 2.24) is 19.7 Å². The quantitative estimate of drug-likeness (QED) is 0.0709. The average Bonchev–Trinajstić information content (AvgIpc) is 3.30. The van der Waals surface area contributed by atoms with Gasteiger partial charge in [0.1, 0.15) is 30.3 Å². The number of hydrogen-bond acceptors (Lipinski definition) is 12. The Morgan fingerprint density at radius 1 is 1.16 bits per heavy atom. The third-order valence-electron chi connectivity index (χ3n) is 5.84. The fourth-order valence-corrected chi connectivity index (χ4v) is 8.67. The van der Waals surface area contributed by atoms with Crippen LogP contribution < -0.4 is 10.1 Å². The van der Waals surface area contributed by atoms with Gasteiger partial charge in [0.15, 0.2) is 14.1 Å². The number of Topliss-reactive ketones (excluding diaryl/α,β-unsaturated/α-hetero) is 1. The molecule has 0 radical (unpaired) electrons. The summed E-state index contributed by atoms with van der Waals surface area (Å²) in [4.78, 5) is 21.9. The molecule has 43 heavy (non-hydrogen) atoms. The minimum Gasteiger partial charge on any atom is -0.494 e. The zero-order valence-corrected chi connectivity index (χ0v) is 27.8. The Balaban J connectivity index is 1.49. The summed E-state index contributed by atoms with van der Waals surface area (Å²) in [7, 11) is -3.16. The molecule has 0 aliphatic carbocycles. The van der Waals surface area contributed by atoms with Crippen LogP contribution in [0.1, 0.15) is 26.3 Å². The van der Waals surface area contributed by atoms with Crippen molar-refractivity contribution in [2.24, 2.45) is 0 Å². The van der Waals surface area contributed by atoms with Crippen molar-refractivity contribution in [1.29, 1.82) is 0 Å². The Kier molecular flexibility index (Phi) is 12.1. The Morgan fingerprint density at radius 3 is 2.63 bits per heavy atom. The van der Waals surface area contributed by atoms with Gasteiger partial charge in [0.2, 0.25) is 0 Å². The van der Waals surface area contributed by atoms with Crippen molar-refractivity contribution in [3.63, 3.8) is 0 Å². The molecule has 2 heterocycles. The van der Waals surface area contributed by atoms with Gasteiger partial charge in [-0.1, -0.05) is 34.7 Å². The lowest BCUT2D eigenvalue weighted by molar-refractivity contribution is -0.119. The van der Waals surface area contributed by atoms with Crippen LogP contribution in [0.4, 0.5) is 15.9 Å². The molecular formula is C27H30ClFN5O5PS3. The number of thioether (sulfide) groups is 1. The molecule has 0 fully saturated rings. The lowest BCUT2D eigenvalue weighted by atomic mass is 10.0. The molecule has 16 heteroatoms. The van der Waals surface area contributed by atoms with Crippen LogP contribution >= 0.6 is 54.5 Å². The Bertz CT molecular complexity index is 1700. The zero-order chi connectivity index (χ0) is 31.0. The first-order valence-corrected chi connectivity index (χ1v) is 17.7. The number of anilines is 2. The second kappa shape index (κ2) is 15.5. The fraction of sp³-hybridized carbons (Fsp3) is 0.370. The van der Waals surface area contributed by atoms with Gasteiger partial charge in [-0.3, -0.25) is 9.36 Å². The van der Waals surface area contributed by atoms with Gasteiger partial charge in [-0.2, -0.15) is 5.10 Å². The predicted molar refractivity (Wildman–Crippen MR) is 171 cm³/mol. The summed E-state index contributed by atoms with van der Waals surface area (Å²) in [6.45, 7) is 6.37. The molecule has 0 atom stereocenters. The highest BCUT2D eigenvalue weighted by Crippen LogP contribution is 2.48. The maximum atomic E-state index is 13.6. The standard InChI is InChI=1S/C27H30ClFN5O5PS3/c1-4-37-24-14-23-20(25(31-16-30-23)32-18-7-8-22(29)21(28)13-18)12-17(24)11-19(35)15-34-27(41)43-26(33-34)42-10-9-40(36,38-5-2)39-6-3/h7-8,12-14,16H,4-6,9-11,15H2,1-3H3,(H,30,31,32). The van der Waals surface area contributed by atoms with Crippen LogP contribution in [0, 0.1) is 9.77 Å².